The SMILES string of the molecule is CCOc1ccc(Nc2nc3c(c(Nc4ccc(OC)cc4)n2)C(=O)CC(C)(C)C3)cc1. The lowest BCUT2D eigenvalue weighted by Crippen LogP contribution is -2.29. The van der Waals surface area contributed by atoms with Crippen molar-refractivity contribution in [1.29, 1.82) is 0 Å². The van der Waals surface area contributed by atoms with Crippen LogP contribution in [0.15, 0.2) is 48.5 Å². The number of hydrogen-bond acceptors (Lipinski definition) is 7. The maximum atomic E-state index is 13.0. The number of benzene rings is 2. The molecule has 1 aliphatic carbocycles. The maximum absolute atomic E-state index is 13.0. The molecule has 1 heterocycles. The minimum absolute atomic E-state index is 0.0554. The predicted octanol–water partition coefficient (Wildman–Crippen LogP) is 5.53. The van der Waals surface area contributed by atoms with Gasteiger partial charge < -0.3 is 20.1 Å². The molecule has 7 heteroatoms. The highest BCUT2D eigenvalue weighted by molar-refractivity contribution is 6.03. The summed E-state index contributed by atoms with van der Waals surface area (Å²) in [4.78, 5) is 22.4. The van der Waals surface area contributed by atoms with Crippen molar-refractivity contribution in [2.24, 2.45) is 5.41 Å². The number of hydrogen-bond donors (Lipinski definition) is 2. The fourth-order valence-electron chi connectivity index (χ4n) is 3.85. The van der Waals surface area contributed by atoms with Crippen LogP contribution in [0.25, 0.3) is 0 Å². The molecule has 0 saturated carbocycles. The van der Waals surface area contributed by atoms with E-state index in [0.29, 0.717) is 36.8 Å². The number of aromatic nitrogens is 2. The Bertz CT molecular complexity index is 1110. The van der Waals surface area contributed by atoms with E-state index in [1.807, 2.05) is 55.5 Å². The number of ketones is 1. The number of anilines is 4. The Morgan fingerprint density at radius 2 is 1.53 bits per heavy atom. The molecule has 2 aromatic carbocycles. The number of nitrogens with one attached hydrogen (secondary N) is 2. The summed E-state index contributed by atoms with van der Waals surface area (Å²) in [6.45, 7) is 6.75. The molecule has 0 unspecified atom stereocenters. The predicted molar refractivity (Wildman–Crippen MR) is 126 cm³/mol. The van der Waals surface area contributed by atoms with Gasteiger partial charge in [-0.05, 0) is 67.3 Å². The van der Waals surface area contributed by atoms with E-state index in [0.717, 1.165) is 28.6 Å². The number of rotatable bonds is 7. The molecule has 0 amide bonds. The van der Waals surface area contributed by atoms with E-state index in [9.17, 15) is 4.79 Å². The minimum atomic E-state index is -0.147. The van der Waals surface area contributed by atoms with Crippen molar-refractivity contribution in [3.05, 3.63) is 59.8 Å². The third-order valence-electron chi connectivity index (χ3n) is 5.32. The zero-order valence-corrected chi connectivity index (χ0v) is 18.9. The molecule has 0 radical (unpaired) electrons. The molecule has 0 atom stereocenters. The Morgan fingerprint density at radius 1 is 0.906 bits per heavy atom. The quantitative estimate of drug-likeness (QED) is 0.508. The molecule has 0 saturated heterocycles. The number of fused-ring (bicyclic) bond motifs is 1. The van der Waals surface area contributed by atoms with Crippen LogP contribution in [-0.4, -0.2) is 29.5 Å². The van der Waals surface area contributed by atoms with Crippen LogP contribution in [0.4, 0.5) is 23.1 Å². The molecule has 166 valence electrons. The highest BCUT2D eigenvalue weighted by Gasteiger charge is 2.35. The molecular weight excluding hydrogens is 404 g/mol. The van der Waals surface area contributed by atoms with Crippen LogP contribution in [0.5, 0.6) is 11.5 Å². The van der Waals surface area contributed by atoms with Gasteiger partial charge in [0.05, 0.1) is 25.0 Å². The number of carbonyl (C=O) groups excluding carboxylic acids is 1. The number of nitrogens with zero attached hydrogens (tertiary/aromatic N) is 2. The van der Waals surface area contributed by atoms with E-state index in [4.69, 9.17) is 14.5 Å². The van der Waals surface area contributed by atoms with Gasteiger partial charge in [-0.2, -0.15) is 4.98 Å². The van der Waals surface area contributed by atoms with Gasteiger partial charge in [-0.25, -0.2) is 4.98 Å². The highest BCUT2D eigenvalue weighted by atomic mass is 16.5. The molecule has 3 aromatic rings. The first-order valence-electron chi connectivity index (χ1n) is 10.7. The van der Waals surface area contributed by atoms with Crippen LogP contribution < -0.4 is 20.1 Å². The van der Waals surface area contributed by atoms with Gasteiger partial charge >= 0.3 is 0 Å². The van der Waals surface area contributed by atoms with Crippen molar-refractivity contribution in [3.63, 3.8) is 0 Å². The van der Waals surface area contributed by atoms with Gasteiger partial charge in [0.15, 0.2) is 5.78 Å². The van der Waals surface area contributed by atoms with Crippen LogP contribution >= 0.6 is 0 Å². The van der Waals surface area contributed by atoms with Gasteiger partial charge in [0.2, 0.25) is 5.95 Å². The lowest BCUT2D eigenvalue weighted by atomic mass is 9.75. The number of methoxy groups -OCH3 is 1. The minimum Gasteiger partial charge on any atom is -0.497 e. The van der Waals surface area contributed by atoms with Crippen molar-refractivity contribution in [2.75, 3.05) is 24.4 Å². The van der Waals surface area contributed by atoms with E-state index < -0.39 is 0 Å². The standard InChI is InChI=1S/C25H28N4O3/c1-5-32-19-12-8-17(9-13-19)27-24-28-20-14-25(2,3)15-21(30)22(20)23(29-24)26-16-6-10-18(31-4)11-7-16/h6-13H,5,14-15H2,1-4H3,(H2,26,27,28,29). The summed E-state index contributed by atoms with van der Waals surface area (Å²) in [6.07, 6.45) is 1.16. The second kappa shape index (κ2) is 8.86. The van der Waals surface area contributed by atoms with Crippen LogP contribution in [0.3, 0.4) is 0 Å². The van der Waals surface area contributed by atoms with Gasteiger partial charge in [-0.15, -0.1) is 0 Å². The number of Topliss-reactive ketones (excluding diaryl/α,β-unsaturated/α-hetero) is 1. The third kappa shape index (κ3) is 4.82. The van der Waals surface area contributed by atoms with Crippen molar-refractivity contribution < 1.29 is 14.3 Å². The lowest BCUT2D eigenvalue weighted by molar-refractivity contribution is 0.0911. The molecule has 1 aliphatic rings. The van der Waals surface area contributed by atoms with Crippen molar-refractivity contribution >= 4 is 28.9 Å². The van der Waals surface area contributed by atoms with E-state index in [2.05, 4.69) is 29.5 Å². The summed E-state index contributed by atoms with van der Waals surface area (Å²) in [7, 11) is 1.63. The molecule has 1 aromatic heterocycles. The Balaban J connectivity index is 1.69. The Kier molecular flexibility index (Phi) is 5.99. The average Bonchev–Trinajstić information content (AvgIpc) is 2.74. The molecular formula is C25H28N4O3. The monoisotopic (exact) mass is 432 g/mol. The first-order chi connectivity index (χ1) is 15.4. The van der Waals surface area contributed by atoms with Crippen LogP contribution in [0.2, 0.25) is 0 Å². The number of carbonyl (C=O) groups is 1. The second-order valence-corrected chi connectivity index (χ2v) is 8.59. The Hall–Kier alpha value is -3.61. The Morgan fingerprint density at radius 3 is 2.16 bits per heavy atom. The molecule has 4 rings (SSSR count). The zero-order chi connectivity index (χ0) is 22.7. The molecule has 32 heavy (non-hydrogen) atoms. The topological polar surface area (TPSA) is 85.4 Å². The molecule has 2 N–H and O–H groups in total. The van der Waals surface area contributed by atoms with E-state index in [-0.39, 0.29) is 11.2 Å². The molecule has 0 aliphatic heterocycles. The van der Waals surface area contributed by atoms with Crippen LogP contribution in [0, 0.1) is 5.41 Å². The largest absolute Gasteiger partial charge is 0.497 e. The normalized spacial score (nSPS) is 14.4. The highest BCUT2D eigenvalue weighted by Crippen LogP contribution is 2.38. The van der Waals surface area contributed by atoms with Gasteiger partial charge in [0.25, 0.3) is 0 Å². The van der Waals surface area contributed by atoms with Gasteiger partial charge in [-0.1, -0.05) is 13.8 Å². The first kappa shape index (κ1) is 21.6. The second-order valence-electron chi connectivity index (χ2n) is 8.59. The van der Waals surface area contributed by atoms with Crippen molar-refractivity contribution in [3.8, 4) is 11.5 Å². The third-order valence-corrected chi connectivity index (χ3v) is 5.32. The van der Waals surface area contributed by atoms with Crippen LogP contribution in [0.1, 0.15) is 43.2 Å². The van der Waals surface area contributed by atoms with Gasteiger partial charge in [0.1, 0.15) is 17.3 Å². The summed E-state index contributed by atoms with van der Waals surface area (Å²) >= 11 is 0. The van der Waals surface area contributed by atoms with Gasteiger partial charge in [0, 0.05) is 17.8 Å². The maximum Gasteiger partial charge on any atom is 0.229 e. The van der Waals surface area contributed by atoms with Gasteiger partial charge in [-0.3, -0.25) is 4.79 Å². The summed E-state index contributed by atoms with van der Waals surface area (Å²) in [6, 6.07) is 15.1. The van der Waals surface area contributed by atoms with E-state index in [1.165, 1.54) is 0 Å². The molecule has 0 fully saturated rings. The number of ether oxygens (including phenoxy) is 2. The molecule has 0 spiro atoms. The fraction of sp³-hybridized carbons (Fsp3) is 0.320. The van der Waals surface area contributed by atoms with Crippen molar-refractivity contribution in [1.82, 2.24) is 9.97 Å². The van der Waals surface area contributed by atoms with Crippen molar-refractivity contribution in [2.45, 2.75) is 33.6 Å². The molecule has 0 bridgehead atoms. The summed E-state index contributed by atoms with van der Waals surface area (Å²) < 4.78 is 10.7. The molecule has 7 nitrogen and oxygen atoms in total. The van der Waals surface area contributed by atoms with E-state index >= 15 is 0 Å². The first-order valence-corrected chi connectivity index (χ1v) is 10.7. The van der Waals surface area contributed by atoms with Crippen LogP contribution in [-0.2, 0) is 6.42 Å². The Labute approximate surface area is 188 Å². The smallest absolute Gasteiger partial charge is 0.229 e. The zero-order valence-electron chi connectivity index (χ0n) is 18.9. The average molecular weight is 433 g/mol. The summed E-state index contributed by atoms with van der Waals surface area (Å²) in [5.74, 6) is 2.57. The van der Waals surface area contributed by atoms with E-state index in [1.54, 1.807) is 7.11 Å². The summed E-state index contributed by atoms with van der Waals surface area (Å²) in [5.41, 5.74) is 2.83. The fourth-order valence-corrected chi connectivity index (χ4v) is 3.85. The lowest BCUT2D eigenvalue weighted by Gasteiger charge is -2.30. The summed E-state index contributed by atoms with van der Waals surface area (Å²) in [5, 5.41) is 6.57.